The van der Waals surface area contributed by atoms with Crippen LogP contribution in [0.2, 0.25) is 0 Å². The maximum Gasteiger partial charge on any atom is 0.240 e. The Morgan fingerprint density at radius 3 is 2.79 bits per heavy atom. The third kappa shape index (κ3) is 3.76. The van der Waals surface area contributed by atoms with E-state index in [1.54, 1.807) is 12.1 Å². The molecule has 1 unspecified atom stereocenters. The highest BCUT2D eigenvalue weighted by Gasteiger charge is 2.19. The van der Waals surface area contributed by atoms with Gasteiger partial charge in [-0.05, 0) is 31.5 Å². The molecule has 4 N–H and O–H groups in total. The molecule has 1 atom stereocenters. The van der Waals surface area contributed by atoms with Gasteiger partial charge in [0, 0.05) is 12.5 Å². The van der Waals surface area contributed by atoms with Crippen LogP contribution < -0.4 is 15.8 Å². The lowest BCUT2D eigenvalue weighted by Gasteiger charge is -2.12. The Labute approximate surface area is 112 Å². The smallest absolute Gasteiger partial charge is 0.240 e. The Hall–Kier alpha value is -1.44. The SMILES string of the molecule is NS(=O)(=O)c1ccccc1NC(=O)CC1CCCN1. The third-order valence-corrected chi connectivity index (χ3v) is 4.03. The van der Waals surface area contributed by atoms with E-state index in [2.05, 4.69) is 10.6 Å². The zero-order chi connectivity index (χ0) is 13.9. The zero-order valence-corrected chi connectivity index (χ0v) is 11.2. The van der Waals surface area contributed by atoms with Crippen molar-refractivity contribution in [2.24, 2.45) is 5.14 Å². The second-order valence-electron chi connectivity index (χ2n) is 4.59. The van der Waals surface area contributed by atoms with E-state index in [0.29, 0.717) is 6.42 Å². The summed E-state index contributed by atoms with van der Waals surface area (Å²) < 4.78 is 22.8. The summed E-state index contributed by atoms with van der Waals surface area (Å²) in [5.41, 5.74) is 0.230. The second-order valence-corrected chi connectivity index (χ2v) is 6.12. The molecule has 1 heterocycles. The lowest BCUT2D eigenvalue weighted by Crippen LogP contribution is -2.28. The summed E-state index contributed by atoms with van der Waals surface area (Å²) >= 11 is 0. The van der Waals surface area contributed by atoms with Crippen LogP contribution >= 0.6 is 0 Å². The van der Waals surface area contributed by atoms with Gasteiger partial charge in [0.05, 0.1) is 5.69 Å². The summed E-state index contributed by atoms with van der Waals surface area (Å²) in [5.74, 6) is -0.212. The molecule has 7 heteroatoms. The molecule has 1 saturated heterocycles. The molecule has 0 radical (unpaired) electrons. The van der Waals surface area contributed by atoms with Gasteiger partial charge in [0.25, 0.3) is 0 Å². The first-order chi connectivity index (χ1) is 8.97. The monoisotopic (exact) mass is 283 g/mol. The molecule has 0 saturated carbocycles. The Bertz CT molecular complexity index is 565. The van der Waals surface area contributed by atoms with E-state index in [1.807, 2.05) is 0 Å². The van der Waals surface area contributed by atoms with Crippen LogP contribution in [0, 0.1) is 0 Å². The highest BCUT2D eigenvalue weighted by Crippen LogP contribution is 2.20. The molecular weight excluding hydrogens is 266 g/mol. The fourth-order valence-corrected chi connectivity index (χ4v) is 2.87. The van der Waals surface area contributed by atoms with Crippen molar-refractivity contribution in [3.8, 4) is 0 Å². The first-order valence-electron chi connectivity index (χ1n) is 6.12. The summed E-state index contributed by atoms with van der Waals surface area (Å²) in [5, 5.41) is 10.9. The summed E-state index contributed by atoms with van der Waals surface area (Å²) in [7, 11) is -3.84. The minimum absolute atomic E-state index is 0.0669. The van der Waals surface area contributed by atoms with Gasteiger partial charge in [0.2, 0.25) is 15.9 Å². The van der Waals surface area contributed by atoms with Gasteiger partial charge < -0.3 is 10.6 Å². The minimum Gasteiger partial charge on any atom is -0.325 e. The molecule has 2 rings (SSSR count). The van der Waals surface area contributed by atoms with Crippen LogP contribution in [-0.2, 0) is 14.8 Å². The van der Waals surface area contributed by atoms with Gasteiger partial charge in [-0.1, -0.05) is 12.1 Å². The number of hydrogen-bond donors (Lipinski definition) is 3. The minimum atomic E-state index is -3.84. The largest absolute Gasteiger partial charge is 0.325 e. The number of amides is 1. The number of sulfonamides is 1. The molecule has 1 amide bonds. The van der Waals surface area contributed by atoms with Crippen LogP contribution in [0.5, 0.6) is 0 Å². The molecule has 1 aliphatic rings. The summed E-state index contributed by atoms with van der Waals surface area (Å²) in [4.78, 5) is 11.8. The van der Waals surface area contributed by atoms with Crippen LogP contribution in [0.15, 0.2) is 29.2 Å². The van der Waals surface area contributed by atoms with Gasteiger partial charge in [0.1, 0.15) is 4.90 Å². The van der Waals surface area contributed by atoms with E-state index in [-0.39, 0.29) is 22.5 Å². The van der Waals surface area contributed by atoms with Crippen LogP contribution in [0.25, 0.3) is 0 Å². The highest BCUT2D eigenvalue weighted by molar-refractivity contribution is 7.89. The van der Waals surface area contributed by atoms with Crippen molar-refractivity contribution in [3.05, 3.63) is 24.3 Å². The van der Waals surface area contributed by atoms with E-state index in [4.69, 9.17) is 5.14 Å². The van der Waals surface area contributed by atoms with Gasteiger partial charge in [-0.2, -0.15) is 0 Å². The van der Waals surface area contributed by atoms with Crippen LogP contribution in [0.3, 0.4) is 0 Å². The number of rotatable bonds is 4. The van der Waals surface area contributed by atoms with Crippen LogP contribution in [0.4, 0.5) is 5.69 Å². The number of nitrogens with one attached hydrogen (secondary N) is 2. The predicted octanol–water partition coefficient (Wildman–Crippen LogP) is 0.415. The van der Waals surface area contributed by atoms with Gasteiger partial charge in [-0.3, -0.25) is 4.79 Å². The third-order valence-electron chi connectivity index (χ3n) is 3.06. The predicted molar refractivity (Wildman–Crippen MR) is 72.1 cm³/mol. The van der Waals surface area contributed by atoms with Crippen molar-refractivity contribution in [2.45, 2.75) is 30.2 Å². The second kappa shape index (κ2) is 5.68. The maximum absolute atomic E-state index is 11.9. The number of nitrogens with two attached hydrogens (primary N) is 1. The standard InChI is InChI=1S/C12H17N3O3S/c13-19(17,18)11-6-2-1-5-10(11)15-12(16)8-9-4-3-7-14-9/h1-2,5-6,9,14H,3-4,7-8H2,(H,15,16)(H2,13,17,18). The molecular formula is C12H17N3O3S. The molecule has 0 aromatic heterocycles. The molecule has 1 aliphatic heterocycles. The lowest BCUT2D eigenvalue weighted by atomic mass is 10.1. The average molecular weight is 283 g/mol. The molecule has 0 spiro atoms. The topological polar surface area (TPSA) is 101 Å². The Morgan fingerprint density at radius 1 is 1.42 bits per heavy atom. The molecule has 0 bridgehead atoms. The van der Waals surface area contributed by atoms with E-state index in [0.717, 1.165) is 19.4 Å². The van der Waals surface area contributed by atoms with Crippen molar-refractivity contribution in [2.75, 3.05) is 11.9 Å². The van der Waals surface area contributed by atoms with Crippen molar-refractivity contribution >= 4 is 21.6 Å². The highest BCUT2D eigenvalue weighted by atomic mass is 32.2. The van der Waals surface area contributed by atoms with Gasteiger partial charge in [-0.25, -0.2) is 13.6 Å². The van der Waals surface area contributed by atoms with E-state index < -0.39 is 10.0 Å². The molecule has 0 aliphatic carbocycles. The normalized spacial score (nSPS) is 19.3. The fraction of sp³-hybridized carbons (Fsp3) is 0.417. The summed E-state index contributed by atoms with van der Waals surface area (Å²) in [6.45, 7) is 0.922. The van der Waals surface area contributed by atoms with E-state index in [9.17, 15) is 13.2 Å². The zero-order valence-electron chi connectivity index (χ0n) is 10.4. The molecule has 6 nitrogen and oxygen atoms in total. The molecule has 19 heavy (non-hydrogen) atoms. The number of carbonyl (C=O) groups is 1. The molecule has 1 aromatic carbocycles. The molecule has 1 fully saturated rings. The quantitative estimate of drug-likeness (QED) is 0.745. The Balaban J connectivity index is 2.08. The number of hydrogen-bond acceptors (Lipinski definition) is 4. The Kier molecular flexibility index (Phi) is 4.18. The first kappa shape index (κ1) is 14.0. The number of primary sulfonamides is 1. The van der Waals surface area contributed by atoms with Crippen molar-refractivity contribution in [1.82, 2.24) is 5.32 Å². The van der Waals surface area contributed by atoms with Crippen molar-refractivity contribution in [3.63, 3.8) is 0 Å². The van der Waals surface area contributed by atoms with E-state index >= 15 is 0 Å². The van der Waals surface area contributed by atoms with Crippen molar-refractivity contribution < 1.29 is 13.2 Å². The first-order valence-corrected chi connectivity index (χ1v) is 7.66. The summed E-state index contributed by atoms with van der Waals surface area (Å²) in [6.07, 6.45) is 2.36. The van der Waals surface area contributed by atoms with Gasteiger partial charge in [-0.15, -0.1) is 0 Å². The Morgan fingerprint density at radius 2 is 2.16 bits per heavy atom. The molecule has 104 valence electrons. The lowest BCUT2D eigenvalue weighted by molar-refractivity contribution is -0.116. The number of anilines is 1. The number of carbonyl (C=O) groups excluding carboxylic acids is 1. The van der Waals surface area contributed by atoms with E-state index in [1.165, 1.54) is 12.1 Å². The number of para-hydroxylation sites is 1. The fourth-order valence-electron chi connectivity index (χ4n) is 2.17. The molecule has 1 aromatic rings. The average Bonchev–Trinajstić information content (AvgIpc) is 2.81. The van der Waals surface area contributed by atoms with Crippen molar-refractivity contribution in [1.29, 1.82) is 0 Å². The van der Waals surface area contributed by atoms with Crippen LogP contribution in [-0.4, -0.2) is 26.9 Å². The maximum atomic E-state index is 11.9. The number of benzene rings is 1. The summed E-state index contributed by atoms with van der Waals surface area (Å²) in [6, 6.07) is 6.28. The van der Waals surface area contributed by atoms with Crippen LogP contribution in [0.1, 0.15) is 19.3 Å². The van der Waals surface area contributed by atoms with Gasteiger partial charge in [0.15, 0.2) is 0 Å². The van der Waals surface area contributed by atoms with Gasteiger partial charge >= 0.3 is 0 Å².